The number of hydrogen-bond acceptors (Lipinski definition) is 2. The van der Waals surface area contributed by atoms with Crippen molar-refractivity contribution in [1.29, 1.82) is 0 Å². The number of carboxylic acid groups (broad SMARTS) is 2. The molecule has 4 nitrogen and oxygen atoms in total. The molecule has 0 saturated carbocycles. The van der Waals surface area contributed by atoms with Crippen LogP contribution in [0, 0.1) is 5.41 Å². The van der Waals surface area contributed by atoms with E-state index in [4.69, 9.17) is 0 Å². The Morgan fingerprint density at radius 1 is 0.735 bits per heavy atom. The maximum Gasteiger partial charge on any atom is 0.336 e. The van der Waals surface area contributed by atoms with Gasteiger partial charge in [0, 0.05) is 0 Å². The molecule has 3 aromatic rings. The first-order valence-electron chi connectivity index (χ1n) is 11.7. The summed E-state index contributed by atoms with van der Waals surface area (Å²) in [5.74, 6) is -2.02. The monoisotopic (exact) mass is 458 g/mol. The minimum atomic E-state index is -1.01. The van der Waals surface area contributed by atoms with E-state index in [1.165, 1.54) is 0 Å². The van der Waals surface area contributed by atoms with Crippen LogP contribution in [0.2, 0.25) is 0 Å². The van der Waals surface area contributed by atoms with Gasteiger partial charge < -0.3 is 10.2 Å². The van der Waals surface area contributed by atoms with Gasteiger partial charge in [0.1, 0.15) is 0 Å². The molecular weight excluding hydrogens is 424 g/mol. The molecule has 34 heavy (non-hydrogen) atoms. The van der Waals surface area contributed by atoms with Gasteiger partial charge in [-0.15, -0.1) is 0 Å². The summed E-state index contributed by atoms with van der Waals surface area (Å²) in [4.78, 5) is 24.3. The van der Waals surface area contributed by atoms with Crippen LogP contribution in [0.15, 0.2) is 60.7 Å². The standard InChI is InChI=1S/C30H34O4/c1-7-19-16-20(30(5,6)18-29(2,3)4)17-25(21-12-8-10-14-23(21)27(31)32)26(19)22-13-9-11-15-24(22)28(33)34/h8-17H,7,18H2,1-6H3,(H,31,32)(H,33,34). The van der Waals surface area contributed by atoms with E-state index in [-0.39, 0.29) is 22.0 Å². The van der Waals surface area contributed by atoms with E-state index in [1.807, 2.05) is 24.3 Å². The molecule has 3 aromatic carbocycles. The quantitative estimate of drug-likeness (QED) is 0.380. The Morgan fingerprint density at radius 2 is 1.24 bits per heavy atom. The summed E-state index contributed by atoms with van der Waals surface area (Å²) >= 11 is 0. The molecule has 178 valence electrons. The predicted octanol–water partition coefficient (Wildman–Crippen LogP) is 7.69. The third kappa shape index (κ3) is 5.22. The van der Waals surface area contributed by atoms with Gasteiger partial charge >= 0.3 is 11.9 Å². The molecule has 0 bridgehead atoms. The lowest BCUT2D eigenvalue weighted by atomic mass is 9.70. The van der Waals surface area contributed by atoms with Gasteiger partial charge in [-0.05, 0) is 75.3 Å². The molecule has 0 spiro atoms. The zero-order chi connectivity index (χ0) is 25.3. The summed E-state index contributed by atoms with van der Waals surface area (Å²) in [5.41, 5.74) is 5.18. The third-order valence-electron chi connectivity index (χ3n) is 6.23. The summed E-state index contributed by atoms with van der Waals surface area (Å²) in [6, 6.07) is 18.1. The van der Waals surface area contributed by atoms with Crippen molar-refractivity contribution in [3.63, 3.8) is 0 Å². The van der Waals surface area contributed by atoms with Crippen molar-refractivity contribution in [3.05, 3.63) is 82.9 Å². The predicted molar refractivity (Wildman–Crippen MR) is 138 cm³/mol. The van der Waals surface area contributed by atoms with Gasteiger partial charge in [0.15, 0.2) is 0 Å². The van der Waals surface area contributed by atoms with Crippen LogP contribution in [-0.4, -0.2) is 22.2 Å². The van der Waals surface area contributed by atoms with Crippen LogP contribution in [-0.2, 0) is 11.8 Å². The molecule has 0 radical (unpaired) electrons. The Bertz CT molecular complexity index is 1230. The van der Waals surface area contributed by atoms with E-state index in [1.54, 1.807) is 24.3 Å². The highest BCUT2D eigenvalue weighted by molar-refractivity contribution is 6.03. The zero-order valence-corrected chi connectivity index (χ0v) is 20.9. The topological polar surface area (TPSA) is 74.6 Å². The van der Waals surface area contributed by atoms with Crippen molar-refractivity contribution in [3.8, 4) is 22.3 Å². The van der Waals surface area contributed by atoms with E-state index in [9.17, 15) is 19.8 Å². The maximum atomic E-state index is 12.1. The van der Waals surface area contributed by atoms with Gasteiger partial charge in [-0.25, -0.2) is 9.59 Å². The summed E-state index contributed by atoms with van der Waals surface area (Å²) in [6.07, 6.45) is 1.62. The molecule has 2 N–H and O–H groups in total. The van der Waals surface area contributed by atoms with E-state index >= 15 is 0 Å². The van der Waals surface area contributed by atoms with Crippen LogP contribution in [0.3, 0.4) is 0 Å². The fraction of sp³-hybridized carbons (Fsp3) is 0.333. The first-order valence-corrected chi connectivity index (χ1v) is 11.7. The SMILES string of the molecule is CCc1cc(C(C)(C)CC(C)(C)C)cc(-c2ccccc2C(=O)O)c1-c1ccccc1C(=O)O. The lowest BCUT2D eigenvalue weighted by molar-refractivity contribution is 0.0686. The molecule has 0 saturated heterocycles. The fourth-order valence-corrected chi connectivity index (χ4v) is 5.12. The second-order valence-corrected chi connectivity index (χ2v) is 10.7. The van der Waals surface area contributed by atoms with Crippen molar-refractivity contribution in [2.45, 2.75) is 59.8 Å². The van der Waals surface area contributed by atoms with Crippen LogP contribution < -0.4 is 0 Å². The van der Waals surface area contributed by atoms with Crippen LogP contribution in [0.5, 0.6) is 0 Å². The van der Waals surface area contributed by atoms with Crippen molar-refractivity contribution < 1.29 is 19.8 Å². The molecule has 0 amide bonds. The molecular formula is C30H34O4. The number of aromatic carboxylic acids is 2. The molecule has 4 heteroatoms. The van der Waals surface area contributed by atoms with E-state index < -0.39 is 11.9 Å². The molecule has 3 rings (SSSR count). The summed E-state index contributed by atoms with van der Waals surface area (Å²) in [7, 11) is 0. The largest absolute Gasteiger partial charge is 0.478 e. The highest BCUT2D eigenvalue weighted by Gasteiger charge is 2.30. The van der Waals surface area contributed by atoms with Gasteiger partial charge in [0.05, 0.1) is 11.1 Å². The zero-order valence-electron chi connectivity index (χ0n) is 20.9. The molecule has 0 aliphatic heterocycles. The van der Waals surface area contributed by atoms with Crippen LogP contribution in [0.1, 0.15) is 79.8 Å². The average molecular weight is 459 g/mol. The lowest BCUT2D eigenvalue weighted by Gasteiger charge is -2.34. The van der Waals surface area contributed by atoms with E-state index in [0.717, 1.165) is 28.7 Å². The van der Waals surface area contributed by atoms with Crippen LogP contribution in [0.4, 0.5) is 0 Å². The molecule has 0 heterocycles. The minimum Gasteiger partial charge on any atom is -0.478 e. The highest BCUT2D eigenvalue weighted by atomic mass is 16.4. The summed E-state index contributed by atoms with van der Waals surface area (Å²) < 4.78 is 0. The van der Waals surface area contributed by atoms with Crippen molar-refractivity contribution in [2.75, 3.05) is 0 Å². The number of hydrogen-bond donors (Lipinski definition) is 2. The second-order valence-electron chi connectivity index (χ2n) is 10.7. The molecule has 0 aromatic heterocycles. The lowest BCUT2D eigenvalue weighted by Crippen LogP contribution is -2.25. The number of carboxylic acids is 2. The number of rotatable bonds is 7. The van der Waals surface area contributed by atoms with Gasteiger partial charge in [0.2, 0.25) is 0 Å². The van der Waals surface area contributed by atoms with Crippen LogP contribution in [0.25, 0.3) is 22.3 Å². The van der Waals surface area contributed by atoms with Gasteiger partial charge in [-0.3, -0.25) is 0 Å². The van der Waals surface area contributed by atoms with Crippen molar-refractivity contribution in [1.82, 2.24) is 0 Å². The first-order chi connectivity index (χ1) is 15.9. The van der Waals surface area contributed by atoms with E-state index in [2.05, 4.69) is 53.7 Å². The Morgan fingerprint density at radius 3 is 1.74 bits per heavy atom. The number of benzene rings is 3. The second kappa shape index (κ2) is 9.46. The Kier molecular flexibility index (Phi) is 7.02. The molecule has 0 aliphatic carbocycles. The molecule has 0 atom stereocenters. The Hall–Kier alpha value is -3.40. The molecule has 0 fully saturated rings. The van der Waals surface area contributed by atoms with Gasteiger partial charge in [-0.1, -0.05) is 84.0 Å². The normalized spacial score (nSPS) is 11.9. The third-order valence-corrected chi connectivity index (χ3v) is 6.23. The van der Waals surface area contributed by atoms with Crippen molar-refractivity contribution in [2.24, 2.45) is 5.41 Å². The van der Waals surface area contributed by atoms with Crippen LogP contribution >= 0.6 is 0 Å². The highest BCUT2D eigenvalue weighted by Crippen LogP contribution is 2.44. The summed E-state index contributed by atoms with van der Waals surface area (Å²) in [5, 5.41) is 19.9. The van der Waals surface area contributed by atoms with Gasteiger partial charge in [0.25, 0.3) is 0 Å². The Labute approximate surface area is 202 Å². The average Bonchev–Trinajstić information content (AvgIpc) is 2.76. The number of carbonyl (C=O) groups is 2. The maximum absolute atomic E-state index is 12.1. The Balaban J connectivity index is 2.46. The smallest absolute Gasteiger partial charge is 0.336 e. The molecule has 0 aliphatic rings. The van der Waals surface area contributed by atoms with E-state index in [0.29, 0.717) is 17.5 Å². The first kappa shape index (κ1) is 25.2. The van der Waals surface area contributed by atoms with Crippen molar-refractivity contribution >= 4 is 11.9 Å². The minimum absolute atomic E-state index is 0.101. The summed E-state index contributed by atoms with van der Waals surface area (Å²) in [6.45, 7) is 13.1. The van der Waals surface area contributed by atoms with Gasteiger partial charge in [-0.2, -0.15) is 0 Å². The number of aryl methyl sites for hydroxylation is 1. The fourth-order valence-electron chi connectivity index (χ4n) is 5.12. The molecule has 0 unspecified atom stereocenters.